The van der Waals surface area contributed by atoms with Crippen LogP contribution in [0.2, 0.25) is 0 Å². The van der Waals surface area contributed by atoms with Crippen LogP contribution in [0.1, 0.15) is 49.3 Å². The van der Waals surface area contributed by atoms with Gasteiger partial charge in [-0.1, -0.05) is 18.9 Å². The van der Waals surface area contributed by atoms with Gasteiger partial charge in [-0.2, -0.15) is 13.2 Å². The number of hydrogen-bond acceptors (Lipinski definition) is 2. The Bertz CT molecular complexity index is 829. The third kappa shape index (κ3) is 2.87. The van der Waals surface area contributed by atoms with Crippen molar-refractivity contribution in [3.8, 4) is 5.82 Å². The maximum absolute atomic E-state index is 13.3. The molecule has 0 aromatic carbocycles. The van der Waals surface area contributed by atoms with Crippen LogP contribution in [0.25, 0.3) is 5.82 Å². The van der Waals surface area contributed by atoms with Gasteiger partial charge in [0.05, 0.1) is 5.56 Å². The first-order chi connectivity index (χ1) is 11.9. The van der Waals surface area contributed by atoms with Gasteiger partial charge >= 0.3 is 6.18 Å². The molecule has 0 aliphatic heterocycles. The van der Waals surface area contributed by atoms with Crippen molar-refractivity contribution in [3.05, 3.63) is 58.1 Å². The van der Waals surface area contributed by atoms with E-state index in [1.54, 1.807) is 24.4 Å². The highest BCUT2D eigenvalue weighted by atomic mass is 19.4. The van der Waals surface area contributed by atoms with E-state index in [2.05, 4.69) is 4.98 Å². The van der Waals surface area contributed by atoms with E-state index in [0.29, 0.717) is 29.4 Å². The largest absolute Gasteiger partial charge is 0.416 e. The van der Waals surface area contributed by atoms with E-state index >= 15 is 0 Å². The summed E-state index contributed by atoms with van der Waals surface area (Å²) in [6.07, 6.45) is 2.19. The van der Waals surface area contributed by atoms with E-state index in [1.807, 2.05) is 0 Å². The number of fused-ring (bicyclic) bond motifs is 1. The lowest BCUT2D eigenvalue weighted by molar-refractivity contribution is -0.137. The summed E-state index contributed by atoms with van der Waals surface area (Å²) < 4.78 is 41.2. The molecule has 0 N–H and O–H groups in total. The molecule has 2 aromatic heterocycles. The Morgan fingerprint density at radius 3 is 2.64 bits per heavy atom. The molecule has 2 aliphatic carbocycles. The number of pyridine rings is 2. The van der Waals surface area contributed by atoms with E-state index in [-0.39, 0.29) is 5.92 Å². The maximum Gasteiger partial charge on any atom is 0.416 e. The highest BCUT2D eigenvalue weighted by Gasteiger charge is 2.42. The smallest absolute Gasteiger partial charge is 0.269 e. The minimum absolute atomic E-state index is 0.00972. The summed E-state index contributed by atoms with van der Waals surface area (Å²) in [5.74, 6) is 1.33. The predicted octanol–water partition coefficient (Wildman–Crippen LogP) is 4.55. The van der Waals surface area contributed by atoms with Crippen LogP contribution < -0.4 is 5.56 Å². The molecule has 25 heavy (non-hydrogen) atoms. The van der Waals surface area contributed by atoms with Crippen LogP contribution >= 0.6 is 0 Å². The fourth-order valence-corrected chi connectivity index (χ4v) is 4.69. The standard InChI is InChI=1S/C19H19F3N2O/c20-19(21,22)13-10-16(15-8-7-12-4-3-5-14(12)15)24(18(25)11-13)17-6-1-2-9-23-17/h1-2,6,9-12,14-15H,3-5,7-8H2/t12-,14-,15?/m1/s1. The van der Waals surface area contributed by atoms with E-state index in [0.717, 1.165) is 32.1 Å². The number of nitrogens with zero attached hydrogens (tertiary/aromatic N) is 2. The predicted molar refractivity (Wildman–Crippen MR) is 87.6 cm³/mol. The zero-order valence-corrected chi connectivity index (χ0v) is 13.7. The van der Waals surface area contributed by atoms with Gasteiger partial charge in [0.1, 0.15) is 5.82 Å². The molecule has 0 radical (unpaired) electrons. The molecule has 6 heteroatoms. The molecule has 0 spiro atoms. The van der Waals surface area contributed by atoms with Crippen LogP contribution in [0.15, 0.2) is 41.3 Å². The third-order valence-corrected chi connectivity index (χ3v) is 5.73. The number of halogens is 3. The first-order valence-corrected chi connectivity index (χ1v) is 8.71. The SMILES string of the molecule is O=c1cc(C(F)(F)F)cc(C2CC[C@H]3CCC[C@@H]23)n1-c1ccccn1. The second-order valence-corrected chi connectivity index (χ2v) is 7.07. The molecule has 0 amide bonds. The quantitative estimate of drug-likeness (QED) is 0.798. The summed E-state index contributed by atoms with van der Waals surface area (Å²) in [4.78, 5) is 16.8. The number of hydrogen-bond donors (Lipinski definition) is 0. The maximum atomic E-state index is 13.3. The molecule has 3 nitrogen and oxygen atoms in total. The van der Waals surface area contributed by atoms with Crippen molar-refractivity contribution in [2.45, 2.75) is 44.2 Å². The van der Waals surface area contributed by atoms with Gasteiger partial charge in [-0.05, 0) is 49.3 Å². The summed E-state index contributed by atoms with van der Waals surface area (Å²) in [6.45, 7) is 0. The van der Waals surface area contributed by atoms with Crippen LogP contribution in [0.3, 0.4) is 0 Å². The Morgan fingerprint density at radius 1 is 1.08 bits per heavy atom. The molecule has 2 heterocycles. The van der Waals surface area contributed by atoms with Gasteiger partial charge in [-0.25, -0.2) is 4.98 Å². The van der Waals surface area contributed by atoms with Crippen LogP contribution in [-0.2, 0) is 6.18 Å². The minimum atomic E-state index is -4.52. The van der Waals surface area contributed by atoms with Gasteiger partial charge in [-0.3, -0.25) is 9.36 Å². The average Bonchev–Trinajstić information content (AvgIpc) is 3.17. The summed E-state index contributed by atoms with van der Waals surface area (Å²) in [5, 5.41) is 0. The lowest BCUT2D eigenvalue weighted by atomic mass is 9.88. The van der Waals surface area contributed by atoms with Crippen molar-refractivity contribution >= 4 is 0 Å². The zero-order valence-electron chi connectivity index (χ0n) is 13.7. The highest BCUT2D eigenvalue weighted by molar-refractivity contribution is 5.33. The van der Waals surface area contributed by atoms with Gasteiger partial charge in [0.25, 0.3) is 5.56 Å². The molecular formula is C19H19F3N2O. The second-order valence-electron chi connectivity index (χ2n) is 7.07. The van der Waals surface area contributed by atoms with E-state index in [1.165, 1.54) is 10.6 Å². The lowest BCUT2D eigenvalue weighted by Gasteiger charge is -2.24. The van der Waals surface area contributed by atoms with Crippen molar-refractivity contribution in [1.82, 2.24) is 9.55 Å². The number of alkyl halides is 3. The Hall–Kier alpha value is -2.11. The Labute approximate surface area is 143 Å². The molecule has 0 saturated heterocycles. The first kappa shape index (κ1) is 16.4. The van der Waals surface area contributed by atoms with Gasteiger partial charge in [0.2, 0.25) is 0 Å². The Balaban J connectivity index is 1.90. The van der Waals surface area contributed by atoms with Gasteiger partial charge in [0.15, 0.2) is 0 Å². The molecule has 4 rings (SSSR count). The highest BCUT2D eigenvalue weighted by Crippen LogP contribution is 2.52. The van der Waals surface area contributed by atoms with Crippen LogP contribution in [0.4, 0.5) is 13.2 Å². The molecule has 3 atom stereocenters. The second kappa shape index (κ2) is 6.00. The molecular weight excluding hydrogens is 329 g/mol. The molecule has 2 aromatic rings. The van der Waals surface area contributed by atoms with Crippen molar-refractivity contribution in [2.24, 2.45) is 11.8 Å². The monoisotopic (exact) mass is 348 g/mol. The fraction of sp³-hybridized carbons (Fsp3) is 0.474. The fourth-order valence-electron chi connectivity index (χ4n) is 4.69. The summed E-state index contributed by atoms with van der Waals surface area (Å²) in [6, 6.07) is 6.98. The molecule has 1 unspecified atom stereocenters. The van der Waals surface area contributed by atoms with E-state index < -0.39 is 17.3 Å². The van der Waals surface area contributed by atoms with Crippen molar-refractivity contribution < 1.29 is 13.2 Å². The van der Waals surface area contributed by atoms with Crippen molar-refractivity contribution in [2.75, 3.05) is 0 Å². The lowest BCUT2D eigenvalue weighted by Crippen LogP contribution is -2.27. The molecule has 2 aliphatic rings. The Kier molecular flexibility index (Phi) is 3.93. The van der Waals surface area contributed by atoms with Crippen LogP contribution in [0.5, 0.6) is 0 Å². The summed E-state index contributed by atoms with van der Waals surface area (Å²) in [5.41, 5.74) is -1.06. The minimum Gasteiger partial charge on any atom is -0.269 e. The van der Waals surface area contributed by atoms with Gasteiger partial charge in [0, 0.05) is 23.9 Å². The van der Waals surface area contributed by atoms with Gasteiger partial charge in [-0.15, -0.1) is 0 Å². The number of aromatic nitrogens is 2. The topological polar surface area (TPSA) is 34.9 Å². The molecule has 2 fully saturated rings. The molecule has 2 saturated carbocycles. The third-order valence-electron chi connectivity index (χ3n) is 5.73. The normalized spacial score (nSPS) is 26.0. The van der Waals surface area contributed by atoms with Crippen molar-refractivity contribution in [3.63, 3.8) is 0 Å². The molecule has 132 valence electrons. The zero-order chi connectivity index (χ0) is 17.6. The first-order valence-electron chi connectivity index (χ1n) is 8.71. The number of rotatable bonds is 2. The van der Waals surface area contributed by atoms with Gasteiger partial charge < -0.3 is 0 Å². The van der Waals surface area contributed by atoms with Crippen molar-refractivity contribution in [1.29, 1.82) is 0 Å². The average molecular weight is 348 g/mol. The molecule has 0 bridgehead atoms. The summed E-state index contributed by atoms with van der Waals surface area (Å²) in [7, 11) is 0. The van der Waals surface area contributed by atoms with Crippen LogP contribution in [0, 0.1) is 11.8 Å². The van der Waals surface area contributed by atoms with E-state index in [9.17, 15) is 18.0 Å². The Morgan fingerprint density at radius 2 is 1.92 bits per heavy atom. The summed E-state index contributed by atoms with van der Waals surface area (Å²) >= 11 is 0. The van der Waals surface area contributed by atoms with Crippen LogP contribution in [-0.4, -0.2) is 9.55 Å². The van der Waals surface area contributed by atoms with E-state index in [4.69, 9.17) is 0 Å².